The Bertz CT molecular complexity index is 3110. The second-order valence-corrected chi connectivity index (χ2v) is 14.0. The predicted molar refractivity (Wildman–Crippen MR) is 195 cm³/mol. The molecule has 0 aliphatic carbocycles. The molecule has 0 radical (unpaired) electrons. The minimum Gasteiger partial charge on any atom is -0.309 e. The molecular weight excluding hydrogens is 857 g/mol. The zero-order chi connectivity index (χ0) is 45.1. The Hall–Kier alpha value is -7.15. The quantitative estimate of drug-likeness (QED) is 0.166. The molecule has 0 aliphatic heterocycles. The Kier molecular flexibility index (Phi) is 9.18. The van der Waals surface area contributed by atoms with Crippen LogP contribution in [0.1, 0.15) is 38.9 Å². The van der Waals surface area contributed by atoms with Crippen LogP contribution in [0.4, 0.5) is 65.9 Å². The lowest BCUT2D eigenvalue weighted by Gasteiger charge is -2.20. The number of hydrogen-bond acceptors (Lipinski definition) is 2. The summed E-state index contributed by atoms with van der Waals surface area (Å²) < 4.78 is 212. The van der Waals surface area contributed by atoms with Gasteiger partial charge in [-0.25, -0.2) is 0 Å². The van der Waals surface area contributed by atoms with Crippen molar-refractivity contribution in [1.82, 2.24) is 9.13 Å². The normalized spacial score (nSPS) is 13.0. The fourth-order valence-corrected chi connectivity index (χ4v) is 7.57. The van der Waals surface area contributed by atoms with E-state index in [0.29, 0.717) is 60.7 Å². The van der Waals surface area contributed by atoms with Crippen LogP contribution in [-0.4, -0.2) is 9.13 Å². The molecule has 0 N–H and O–H groups in total. The summed E-state index contributed by atoms with van der Waals surface area (Å²) in [6.45, 7) is 0. The summed E-state index contributed by atoms with van der Waals surface area (Å²) in [5, 5.41) is 19.3. The average molecular weight is 875 g/mol. The van der Waals surface area contributed by atoms with E-state index in [1.807, 2.05) is 6.07 Å². The smallest absolute Gasteiger partial charge is 0.309 e. The number of benzene rings is 6. The van der Waals surface area contributed by atoms with Gasteiger partial charge >= 0.3 is 30.9 Å². The van der Waals surface area contributed by atoms with Gasteiger partial charge in [-0.05, 0) is 97.1 Å². The number of rotatable bonds is 3. The van der Waals surface area contributed by atoms with Crippen molar-refractivity contribution in [2.45, 2.75) is 30.9 Å². The lowest BCUT2D eigenvalue weighted by atomic mass is 9.94. The van der Waals surface area contributed by atoms with Crippen LogP contribution in [0.5, 0.6) is 0 Å². The summed E-state index contributed by atoms with van der Waals surface area (Å²) in [6.07, 6.45) is -24.9. The van der Waals surface area contributed by atoms with Crippen LogP contribution >= 0.6 is 0 Å². The van der Waals surface area contributed by atoms with Gasteiger partial charge in [-0.15, -0.1) is 0 Å². The Morgan fingerprint density at radius 1 is 0.323 bits per heavy atom. The maximum Gasteiger partial charge on any atom is 0.416 e. The van der Waals surface area contributed by atoms with Gasteiger partial charge in [-0.1, -0.05) is 6.07 Å². The SMILES string of the molecule is N#Cc1cc(C(F)(F)F)ccc1-c1cc(-n2c3ccc(C(F)(F)F)cc3c3cc(C(F)(F)F)ccc32)c(C#N)cc1-n1c2ccc(C(F)(F)F)cc2c2cc(C(F)(F)F)ccc21. The van der Waals surface area contributed by atoms with Crippen molar-refractivity contribution in [2.75, 3.05) is 0 Å². The molecule has 4 nitrogen and oxygen atoms in total. The first-order valence-electron chi connectivity index (χ1n) is 17.5. The minimum absolute atomic E-state index is 0.188. The topological polar surface area (TPSA) is 57.4 Å². The molecule has 6 aromatic carbocycles. The molecule has 0 unspecified atom stereocenters. The van der Waals surface area contributed by atoms with Gasteiger partial charge in [0.25, 0.3) is 0 Å². The Morgan fingerprint density at radius 3 is 0.952 bits per heavy atom. The Morgan fingerprint density at radius 2 is 0.629 bits per heavy atom. The van der Waals surface area contributed by atoms with E-state index >= 15 is 0 Å². The standard InChI is InChI=1S/C43H17F15N4/c44-39(45,46)22-1-6-27(20(11-22)18-59)32-17-37(61-33-7-2-23(40(47,48)49)13-28(33)29-14-24(41(50,51)52)3-8-34(29)61)21(19-60)12-38(32)62-35-9-4-25(42(53,54)55)15-30(35)31-16-26(43(56,57)58)5-10-36(31)62/h1-17H. The number of aromatic nitrogens is 2. The van der Waals surface area contributed by atoms with Crippen molar-refractivity contribution < 1.29 is 65.9 Å². The van der Waals surface area contributed by atoms with Gasteiger partial charge in [0.1, 0.15) is 6.07 Å². The number of fused-ring (bicyclic) bond motifs is 6. The van der Waals surface area contributed by atoms with Crippen molar-refractivity contribution in [1.29, 1.82) is 10.5 Å². The van der Waals surface area contributed by atoms with E-state index in [1.54, 1.807) is 6.07 Å². The zero-order valence-electron chi connectivity index (χ0n) is 30.3. The predicted octanol–water partition coefficient (Wildman–Crippen LogP) is 14.4. The van der Waals surface area contributed by atoms with E-state index in [-0.39, 0.29) is 66.1 Å². The van der Waals surface area contributed by atoms with Crippen molar-refractivity contribution in [3.05, 3.63) is 142 Å². The number of alkyl halides is 15. The van der Waals surface area contributed by atoms with E-state index in [0.717, 1.165) is 51.6 Å². The van der Waals surface area contributed by atoms with Gasteiger partial charge in [0, 0.05) is 32.7 Å². The molecule has 0 bridgehead atoms. The first-order valence-corrected chi connectivity index (χ1v) is 17.5. The minimum atomic E-state index is -4.99. The maximum atomic E-state index is 14.0. The summed E-state index contributed by atoms with van der Waals surface area (Å²) in [5.74, 6) is 0. The van der Waals surface area contributed by atoms with Crippen molar-refractivity contribution >= 4 is 43.6 Å². The molecule has 2 heterocycles. The van der Waals surface area contributed by atoms with Gasteiger partial charge in [0.15, 0.2) is 0 Å². The number of halogens is 15. The fourth-order valence-electron chi connectivity index (χ4n) is 7.57. The highest BCUT2D eigenvalue weighted by molar-refractivity contribution is 6.12. The van der Waals surface area contributed by atoms with E-state index in [1.165, 1.54) is 0 Å². The molecule has 0 atom stereocenters. The van der Waals surface area contributed by atoms with Crippen LogP contribution in [-0.2, 0) is 30.9 Å². The van der Waals surface area contributed by atoms with Crippen LogP contribution < -0.4 is 0 Å². The lowest BCUT2D eigenvalue weighted by Crippen LogP contribution is -2.08. The summed E-state index contributed by atoms with van der Waals surface area (Å²) in [4.78, 5) is 0. The maximum absolute atomic E-state index is 14.0. The van der Waals surface area contributed by atoms with Crippen LogP contribution in [0.15, 0.2) is 103 Å². The average Bonchev–Trinajstić information content (AvgIpc) is 3.69. The Balaban J connectivity index is 1.55. The summed E-state index contributed by atoms with van der Waals surface area (Å²) in [5.41, 5.74) is -9.39. The zero-order valence-corrected chi connectivity index (χ0v) is 30.3. The molecule has 0 aliphatic rings. The van der Waals surface area contributed by atoms with Crippen LogP contribution in [0, 0.1) is 22.7 Å². The van der Waals surface area contributed by atoms with Crippen molar-refractivity contribution in [3.63, 3.8) is 0 Å². The number of nitrogens with zero attached hydrogens (tertiary/aromatic N) is 4. The van der Waals surface area contributed by atoms with Crippen LogP contribution in [0.3, 0.4) is 0 Å². The monoisotopic (exact) mass is 874 g/mol. The molecule has 0 spiro atoms. The lowest BCUT2D eigenvalue weighted by molar-refractivity contribution is -0.138. The van der Waals surface area contributed by atoms with Gasteiger partial charge in [0.05, 0.1) is 78.5 Å². The van der Waals surface area contributed by atoms with Gasteiger partial charge in [-0.3, -0.25) is 0 Å². The Labute approximate surface area is 336 Å². The van der Waals surface area contributed by atoms with E-state index < -0.39 is 69.8 Å². The molecule has 0 amide bonds. The fraction of sp³-hybridized carbons (Fsp3) is 0.116. The summed E-state index contributed by atoms with van der Waals surface area (Å²) in [6, 6.07) is 16.0. The molecule has 8 rings (SSSR count). The third-order valence-electron chi connectivity index (χ3n) is 10.3. The van der Waals surface area contributed by atoms with Crippen molar-refractivity contribution in [2.24, 2.45) is 0 Å². The summed E-state index contributed by atoms with van der Waals surface area (Å²) >= 11 is 0. The molecular formula is C43H17F15N4. The largest absolute Gasteiger partial charge is 0.416 e. The molecule has 314 valence electrons. The summed E-state index contributed by atoms with van der Waals surface area (Å²) in [7, 11) is 0. The molecule has 2 aromatic heterocycles. The van der Waals surface area contributed by atoms with Crippen LogP contribution in [0.25, 0.3) is 66.1 Å². The highest BCUT2D eigenvalue weighted by atomic mass is 19.4. The number of hydrogen-bond donors (Lipinski definition) is 0. The van der Waals surface area contributed by atoms with Gasteiger partial charge in [0.2, 0.25) is 0 Å². The third-order valence-corrected chi connectivity index (χ3v) is 10.3. The first kappa shape index (κ1) is 41.6. The second kappa shape index (κ2) is 13.7. The highest BCUT2D eigenvalue weighted by Crippen LogP contribution is 2.46. The van der Waals surface area contributed by atoms with E-state index in [4.69, 9.17) is 0 Å². The molecule has 62 heavy (non-hydrogen) atoms. The highest BCUT2D eigenvalue weighted by Gasteiger charge is 2.37. The first-order chi connectivity index (χ1) is 28.8. The number of nitriles is 2. The van der Waals surface area contributed by atoms with E-state index in [9.17, 15) is 76.4 Å². The van der Waals surface area contributed by atoms with E-state index in [2.05, 4.69) is 0 Å². The van der Waals surface area contributed by atoms with Gasteiger partial charge < -0.3 is 9.13 Å². The molecule has 0 saturated heterocycles. The van der Waals surface area contributed by atoms with Crippen molar-refractivity contribution in [3.8, 4) is 34.6 Å². The molecule has 19 heteroatoms. The van der Waals surface area contributed by atoms with Crippen LogP contribution in [0.2, 0.25) is 0 Å². The molecule has 0 saturated carbocycles. The molecule has 8 aromatic rings. The second-order valence-electron chi connectivity index (χ2n) is 14.0. The molecule has 0 fully saturated rings. The third kappa shape index (κ3) is 6.87. The van der Waals surface area contributed by atoms with Gasteiger partial charge in [-0.2, -0.15) is 76.4 Å².